The molecule has 1 aliphatic heterocycles. The standard InChI is InChI=1S/C15H22N2O4S/c1-12-3-4-13(11-14(12)22(2,19)20)15(18)16-5-6-17-7-9-21-10-8-17/h3-4,11H,5-10H2,1-2H3,(H,16,18). The molecule has 0 saturated carbocycles. The fraction of sp³-hybridized carbons (Fsp3) is 0.533. The van der Waals surface area contributed by atoms with Gasteiger partial charge in [-0.1, -0.05) is 6.07 Å². The van der Waals surface area contributed by atoms with Crippen LogP contribution in [-0.4, -0.2) is 64.9 Å². The molecule has 1 aromatic carbocycles. The first-order chi connectivity index (χ1) is 10.4. The van der Waals surface area contributed by atoms with Gasteiger partial charge in [0.05, 0.1) is 18.1 Å². The first-order valence-electron chi connectivity index (χ1n) is 7.27. The maximum atomic E-state index is 12.1. The topological polar surface area (TPSA) is 75.7 Å². The highest BCUT2D eigenvalue weighted by Crippen LogP contribution is 2.16. The van der Waals surface area contributed by atoms with Crippen molar-refractivity contribution in [3.05, 3.63) is 29.3 Å². The van der Waals surface area contributed by atoms with E-state index >= 15 is 0 Å². The molecule has 6 nitrogen and oxygen atoms in total. The van der Waals surface area contributed by atoms with Crippen molar-refractivity contribution in [3.8, 4) is 0 Å². The zero-order valence-electron chi connectivity index (χ0n) is 13.0. The van der Waals surface area contributed by atoms with Crippen LogP contribution in [0, 0.1) is 6.92 Å². The molecule has 0 aromatic heterocycles. The number of nitrogens with one attached hydrogen (secondary N) is 1. The summed E-state index contributed by atoms with van der Waals surface area (Å²) in [6, 6.07) is 4.75. The number of hydrogen-bond acceptors (Lipinski definition) is 5. The summed E-state index contributed by atoms with van der Waals surface area (Å²) in [5.74, 6) is -0.252. The number of amides is 1. The van der Waals surface area contributed by atoms with E-state index in [1.807, 2.05) is 0 Å². The maximum absolute atomic E-state index is 12.1. The van der Waals surface area contributed by atoms with E-state index in [-0.39, 0.29) is 10.8 Å². The summed E-state index contributed by atoms with van der Waals surface area (Å²) in [5.41, 5.74) is 1.01. The van der Waals surface area contributed by atoms with Crippen LogP contribution in [-0.2, 0) is 14.6 Å². The molecule has 0 atom stereocenters. The number of benzene rings is 1. The zero-order valence-corrected chi connectivity index (χ0v) is 13.8. The Morgan fingerprint density at radius 1 is 1.32 bits per heavy atom. The normalized spacial score (nSPS) is 16.5. The van der Waals surface area contributed by atoms with Crippen LogP contribution in [0.5, 0.6) is 0 Å². The number of sulfone groups is 1. The SMILES string of the molecule is Cc1ccc(C(=O)NCCN2CCOCC2)cc1S(C)(=O)=O. The Labute approximate surface area is 131 Å². The number of hydrogen-bond donors (Lipinski definition) is 1. The molecule has 22 heavy (non-hydrogen) atoms. The van der Waals surface area contributed by atoms with Gasteiger partial charge in [0.25, 0.3) is 5.91 Å². The van der Waals surface area contributed by atoms with E-state index in [9.17, 15) is 13.2 Å². The van der Waals surface area contributed by atoms with E-state index in [0.29, 0.717) is 17.7 Å². The third-order valence-corrected chi connectivity index (χ3v) is 4.91. The largest absolute Gasteiger partial charge is 0.379 e. The number of carbonyl (C=O) groups excluding carboxylic acids is 1. The van der Waals surface area contributed by atoms with Crippen LogP contribution in [0.3, 0.4) is 0 Å². The van der Waals surface area contributed by atoms with Crippen molar-refractivity contribution in [3.63, 3.8) is 0 Å². The molecule has 1 aromatic rings. The number of ether oxygens (including phenoxy) is 1. The molecule has 1 fully saturated rings. The number of rotatable bonds is 5. The molecule has 1 amide bonds. The lowest BCUT2D eigenvalue weighted by Gasteiger charge is -2.26. The number of morpholine rings is 1. The molecule has 1 N–H and O–H groups in total. The molecular formula is C15H22N2O4S. The Morgan fingerprint density at radius 2 is 2.00 bits per heavy atom. The predicted molar refractivity (Wildman–Crippen MR) is 83.9 cm³/mol. The Bertz CT molecular complexity index is 637. The molecule has 1 aliphatic rings. The summed E-state index contributed by atoms with van der Waals surface area (Å²) in [5, 5.41) is 2.83. The summed E-state index contributed by atoms with van der Waals surface area (Å²) >= 11 is 0. The quantitative estimate of drug-likeness (QED) is 0.851. The molecule has 0 spiro atoms. The van der Waals surface area contributed by atoms with Gasteiger partial charge >= 0.3 is 0 Å². The Hall–Kier alpha value is -1.44. The van der Waals surface area contributed by atoms with E-state index in [1.54, 1.807) is 19.1 Å². The summed E-state index contributed by atoms with van der Waals surface area (Å²) in [7, 11) is -3.33. The van der Waals surface area contributed by atoms with Crippen molar-refractivity contribution >= 4 is 15.7 Å². The monoisotopic (exact) mass is 326 g/mol. The fourth-order valence-electron chi connectivity index (χ4n) is 2.40. The highest BCUT2D eigenvalue weighted by molar-refractivity contribution is 7.90. The first kappa shape index (κ1) is 16.9. The smallest absolute Gasteiger partial charge is 0.251 e. The van der Waals surface area contributed by atoms with Gasteiger partial charge in [-0.15, -0.1) is 0 Å². The third kappa shape index (κ3) is 4.53. The minimum absolute atomic E-state index is 0.202. The lowest BCUT2D eigenvalue weighted by Crippen LogP contribution is -2.41. The zero-order chi connectivity index (χ0) is 16.2. The van der Waals surface area contributed by atoms with Gasteiger partial charge in [-0.3, -0.25) is 9.69 Å². The molecule has 1 saturated heterocycles. The van der Waals surface area contributed by atoms with Gasteiger partial charge in [0, 0.05) is 38.0 Å². The fourth-order valence-corrected chi connectivity index (χ4v) is 3.39. The predicted octanol–water partition coefficient (Wildman–Crippen LogP) is 0.461. The van der Waals surface area contributed by atoms with Gasteiger partial charge in [0.2, 0.25) is 0 Å². The van der Waals surface area contributed by atoms with Crippen molar-refractivity contribution in [1.29, 1.82) is 0 Å². The average Bonchev–Trinajstić information content (AvgIpc) is 2.47. The van der Waals surface area contributed by atoms with Gasteiger partial charge in [-0.2, -0.15) is 0 Å². The second-order valence-corrected chi connectivity index (χ2v) is 7.45. The van der Waals surface area contributed by atoms with E-state index in [1.165, 1.54) is 6.07 Å². The summed E-state index contributed by atoms with van der Waals surface area (Å²) in [6.07, 6.45) is 1.15. The third-order valence-electron chi connectivity index (χ3n) is 3.67. The number of nitrogens with zero attached hydrogens (tertiary/aromatic N) is 1. The summed E-state index contributed by atoms with van der Waals surface area (Å²) in [6.45, 7) is 6.21. The lowest BCUT2D eigenvalue weighted by molar-refractivity contribution is 0.0383. The van der Waals surface area contributed by atoms with Gasteiger partial charge in [-0.05, 0) is 24.6 Å². The van der Waals surface area contributed by atoms with E-state index in [2.05, 4.69) is 10.2 Å². The Morgan fingerprint density at radius 3 is 2.64 bits per heavy atom. The van der Waals surface area contributed by atoms with Crippen molar-refractivity contribution in [2.24, 2.45) is 0 Å². The van der Waals surface area contributed by atoms with Crippen LogP contribution in [0.4, 0.5) is 0 Å². The average molecular weight is 326 g/mol. The van der Waals surface area contributed by atoms with Crippen molar-refractivity contribution in [2.45, 2.75) is 11.8 Å². The number of aryl methyl sites for hydroxylation is 1. The minimum atomic E-state index is -3.33. The first-order valence-corrected chi connectivity index (χ1v) is 9.16. The molecule has 0 radical (unpaired) electrons. The van der Waals surface area contributed by atoms with Crippen LogP contribution in [0.1, 0.15) is 15.9 Å². The van der Waals surface area contributed by atoms with Crippen molar-refractivity contribution in [1.82, 2.24) is 10.2 Å². The molecule has 0 bridgehead atoms. The second-order valence-electron chi connectivity index (χ2n) is 5.46. The lowest BCUT2D eigenvalue weighted by atomic mass is 10.1. The van der Waals surface area contributed by atoms with Gasteiger partial charge in [0.1, 0.15) is 0 Å². The molecule has 0 unspecified atom stereocenters. The van der Waals surface area contributed by atoms with E-state index in [0.717, 1.165) is 39.1 Å². The van der Waals surface area contributed by atoms with Crippen LogP contribution in [0.2, 0.25) is 0 Å². The molecule has 0 aliphatic carbocycles. The van der Waals surface area contributed by atoms with E-state index < -0.39 is 9.84 Å². The van der Waals surface area contributed by atoms with Crippen LogP contribution < -0.4 is 5.32 Å². The van der Waals surface area contributed by atoms with E-state index in [4.69, 9.17) is 4.74 Å². The number of carbonyl (C=O) groups is 1. The van der Waals surface area contributed by atoms with Gasteiger partial charge < -0.3 is 10.1 Å². The molecule has 122 valence electrons. The highest BCUT2D eigenvalue weighted by atomic mass is 32.2. The molecule has 1 heterocycles. The summed E-state index contributed by atoms with van der Waals surface area (Å²) in [4.78, 5) is 14.6. The minimum Gasteiger partial charge on any atom is -0.379 e. The van der Waals surface area contributed by atoms with Crippen LogP contribution in [0.15, 0.2) is 23.1 Å². The van der Waals surface area contributed by atoms with Crippen LogP contribution >= 0.6 is 0 Å². The van der Waals surface area contributed by atoms with Crippen molar-refractivity contribution < 1.29 is 17.9 Å². The van der Waals surface area contributed by atoms with Crippen molar-refractivity contribution in [2.75, 3.05) is 45.6 Å². The summed E-state index contributed by atoms with van der Waals surface area (Å²) < 4.78 is 28.7. The molecule has 7 heteroatoms. The second kappa shape index (κ2) is 7.21. The Balaban J connectivity index is 1.95. The molecule has 2 rings (SSSR count). The highest BCUT2D eigenvalue weighted by Gasteiger charge is 2.15. The van der Waals surface area contributed by atoms with Crippen LogP contribution in [0.25, 0.3) is 0 Å². The van der Waals surface area contributed by atoms with Gasteiger partial charge in [-0.25, -0.2) is 8.42 Å². The molecular weight excluding hydrogens is 304 g/mol. The van der Waals surface area contributed by atoms with Gasteiger partial charge in [0.15, 0.2) is 9.84 Å². The maximum Gasteiger partial charge on any atom is 0.251 e. The Kier molecular flexibility index (Phi) is 5.55.